The lowest BCUT2D eigenvalue weighted by molar-refractivity contribution is -0.385. The molecule has 1 aromatic heterocycles. The van der Waals surface area contributed by atoms with Crippen molar-refractivity contribution in [2.45, 2.75) is 25.3 Å². The van der Waals surface area contributed by atoms with Gasteiger partial charge in [0, 0.05) is 19.6 Å². The quantitative estimate of drug-likeness (QED) is 0.193. The van der Waals surface area contributed by atoms with Crippen molar-refractivity contribution in [1.29, 1.82) is 0 Å². The summed E-state index contributed by atoms with van der Waals surface area (Å²) in [6.45, 7) is 2.42. The van der Waals surface area contributed by atoms with Crippen LogP contribution < -0.4 is 4.74 Å². The molecule has 0 aliphatic carbocycles. The van der Waals surface area contributed by atoms with Crippen molar-refractivity contribution in [3.05, 3.63) is 15.3 Å². The summed E-state index contributed by atoms with van der Waals surface area (Å²) in [5, 5.41) is 15.4. The van der Waals surface area contributed by atoms with E-state index in [0.29, 0.717) is 39.3 Å². The first-order chi connectivity index (χ1) is 10.6. The predicted molar refractivity (Wildman–Crippen MR) is 91.4 cm³/mol. The van der Waals surface area contributed by atoms with Crippen molar-refractivity contribution in [3.63, 3.8) is 0 Å². The van der Waals surface area contributed by atoms with Crippen LogP contribution in [0.5, 0.6) is 5.88 Å². The van der Waals surface area contributed by atoms with Crippen LogP contribution in [0.2, 0.25) is 5.15 Å². The van der Waals surface area contributed by atoms with Gasteiger partial charge in [0.25, 0.3) is 0 Å². The second kappa shape index (κ2) is 9.17. The molecule has 2 heterocycles. The average molecular weight is 464 g/mol. The van der Waals surface area contributed by atoms with Gasteiger partial charge in [0.1, 0.15) is 0 Å². The fourth-order valence-corrected chi connectivity index (χ4v) is 3.35. The molecule has 0 aromatic carbocycles. The molecule has 1 aromatic rings. The number of ether oxygens (including phenoxy) is 2. The molecular weight excluding hydrogens is 447 g/mol. The molecular formula is C11H16ClIN3O5P. The smallest absolute Gasteiger partial charge is 0.368 e. The topological polar surface area (TPSA) is 88.7 Å². The van der Waals surface area contributed by atoms with E-state index in [2.05, 4.69) is 27.1 Å². The molecule has 124 valence electrons. The largest absolute Gasteiger partial charge is 0.472 e. The number of halogens is 2. The van der Waals surface area contributed by atoms with Crippen molar-refractivity contribution < 1.29 is 18.9 Å². The summed E-state index contributed by atoms with van der Waals surface area (Å²) in [6, 6.07) is 0.000790. The fourth-order valence-electron chi connectivity index (χ4n) is 2.15. The molecule has 0 bridgehead atoms. The first kappa shape index (κ1) is 18.1. The van der Waals surface area contributed by atoms with Gasteiger partial charge in [0.2, 0.25) is 5.15 Å². The Morgan fingerprint density at radius 1 is 1.50 bits per heavy atom. The van der Waals surface area contributed by atoms with E-state index in [1.807, 2.05) is 0 Å². The first-order valence-corrected chi connectivity index (χ1v) is 11.2. The van der Waals surface area contributed by atoms with Gasteiger partial charge in [0.05, 0.1) is 30.6 Å². The monoisotopic (exact) mass is 463 g/mol. The summed E-state index contributed by atoms with van der Waals surface area (Å²) in [7, 11) is 0. The maximum Gasteiger partial charge on any atom is 0.368 e. The number of rotatable bonds is 8. The molecule has 0 radical (unpaired) electrons. The van der Waals surface area contributed by atoms with E-state index in [4.69, 9.17) is 25.6 Å². The third-order valence-corrected chi connectivity index (χ3v) is 4.80. The zero-order valence-electron chi connectivity index (χ0n) is 11.7. The molecule has 1 aliphatic rings. The third-order valence-electron chi connectivity index (χ3n) is 3.20. The summed E-state index contributed by atoms with van der Waals surface area (Å²) < 4.78 is 17.4. The summed E-state index contributed by atoms with van der Waals surface area (Å²) in [4.78, 5) is 10.7. The predicted octanol–water partition coefficient (Wildman–Crippen LogP) is 3.53. The lowest BCUT2D eigenvalue weighted by Gasteiger charge is -2.22. The Hall–Kier alpha value is -0.220. The number of nitrogens with zero attached hydrogens (tertiary/aromatic N) is 3. The highest BCUT2D eigenvalue weighted by Gasteiger charge is 2.31. The van der Waals surface area contributed by atoms with Crippen LogP contribution in [0, 0.1) is 10.1 Å². The molecule has 1 saturated heterocycles. The Bertz CT molecular complexity index is 512. The van der Waals surface area contributed by atoms with Crippen LogP contribution in [0.25, 0.3) is 0 Å². The molecule has 1 fully saturated rings. The molecule has 0 saturated carbocycles. The van der Waals surface area contributed by atoms with Crippen LogP contribution in [0.4, 0.5) is 5.69 Å². The summed E-state index contributed by atoms with van der Waals surface area (Å²) in [6.07, 6.45) is 2.08. The lowest BCUT2D eigenvalue weighted by atomic mass is 10.1. The van der Waals surface area contributed by atoms with Gasteiger partial charge in [-0.2, -0.15) is 0 Å². The molecule has 8 nitrogen and oxygen atoms in total. The highest BCUT2D eigenvalue weighted by molar-refractivity contribution is 14.2. The zero-order chi connectivity index (χ0) is 15.9. The van der Waals surface area contributed by atoms with Crippen LogP contribution in [-0.2, 0) is 9.26 Å². The van der Waals surface area contributed by atoms with E-state index in [1.165, 1.54) is 4.68 Å². The minimum absolute atomic E-state index is 0.000790. The van der Waals surface area contributed by atoms with Gasteiger partial charge in [-0.05, 0) is 34.9 Å². The van der Waals surface area contributed by atoms with Crippen LogP contribution in [-0.4, -0.2) is 41.1 Å². The van der Waals surface area contributed by atoms with Crippen LogP contribution in [0.1, 0.15) is 25.3 Å². The summed E-state index contributed by atoms with van der Waals surface area (Å²) >= 11 is 8.26. The van der Waals surface area contributed by atoms with Crippen LogP contribution in [0.3, 0.4) is 0 Å². The van der Waals surface area contributed by atoms with Crippen molar-refractivity contribution in [2.75, 3.05) is 26.4 Å². The van der Waals surface area contributed by atoms with Crippen LogP contribution in [0.15, 0.2) is 0 Å². The third kappa shape index (κ3) is 4.64. The molecule has 0 spiro atoms. The molecule has 1 unspecified atom stereocenters. The fraction of sp³-hybridized carbons (Fsp3) is 0.727. The van der Waals surface area contributed by atoms with Gasteiger partial charge in [-0.3, -0.25) is 10.1 Å². The SMILES string of the molecule is O=[N+]([O-])c1c(OCCCOPI)nn(C2CCOCC2)c1Cl. The maximum atomic E-state index is 11.2. The van der Waals surface area contributed by atoms with Gasteiger partial charge >= 0.3 is 11.6 Å². The zero-order valence-corrected chi connectivity index (χ0v) is 15.6. The van der Waals surface area contributed by atoms with E-state index in [9.17, 15) is 10.1 Å². The van der Waals surface area contributed by atoms with E-state index >= 15 is 0 Å². The first-order valence-electron chi connectivity index (χ1n) is 6.75. The Kier molecular flexibility index (Phi) is 7.55. The second-order valence-corrected chi connectivity index (χ2v) is 6.74. The molecule has 11 heteroatoms. The minimum atomic E-state index is -0.552. The Labute approximate surface area is 147 Å². The molecule has 2 rings (SSSR count). The Morgan fingerprint density at radius 2 is 2.23 bits per heavy atom. The molecule has 0 amide bonds. The van der Waals surface area contributed by atoms with Gasteiger partial charge in [-0.1, -0.05) is 11.6 Å². The van der Waals surface area contributed by atoms with Crippen molar-refractivity contribution in [3.8, 4) is 5.88 Å². The van der Waals surface area contributed by atoms with Gasteiger partial charge < -0.3 is 14.0 Å². The minimum Gasteiger partial charge on any atom is -0.472 e. The standard InChI is InChI=1S/C11H16ClIN3O5P/c12-10-9(16(17)18)11(20-4-1-5-21-22-13)14-15(10)8-2-6-19-7-3-8/h8,22H,1-7H2. The van der Waals surface area contributed by atoms with E-state index in [-0.39, 0.29) is 22.8 Å². The highest BCUT2D eigenvalue weighted by Crippen LogP contribution is 2.37. The number of hydrogen-bond acceptors (Lipinski definition) is 6. The van der Waals surface area contributed by atoms with Crippen LogP contribution >= 0.6 is 40.1 Å². The summed E-state index contributed by atoms with van der Waals surface area (Å²) in [5.74, 6) is -0.0292. The van der Waals surface area contributed by atoms with Crippen molar-refractivity contribution in [2.24, 2.45) is 0 Å². The number of hydrogen-bond donors (Lipinski definition) is 0. The molecule has 22 heavy (non-hydrogen) atoms. The average Bonchev–Trinajstić information content (AvgIpc) is 2.85. The molecule has 0 N–H and O–H groups in total. The Morgan fingerprint density at radius 3 is 2.86 bits per heavy atom. The highest BCUT2D eigenvalue weighted by atomic mass is 127. The Balaban J connectivity index is 2.08. The van der Waals surface area contributed by atoms with Crippen molar-refractivity contribution >= 4 is 45.8 Å². The number of aromatic nitrogens is 2. The summed E-state index contributed by atoms with van der Waals surface area (Å²) in [5.41, 5.74) is -0.273. The number of nitro groups is 1. The van der Waals surface area contributed by atoms with E-state index in [1.54, 1.807) is 0 Å². The van der Waals surface area contributed by atoms with Gasteiger partial charge in [-0.25, -0.2) is 4.68 Å². The van der Waals surface area contributed by atoms with Gasteiger partial charge in [0.15, 0.2) is 0 Å². The molecule has 1 aliphatic heterocycles. The maximum absolute atomic E-state index is 11.2. The van der Waals surface area contributed by atoms with Crippen molar-refractivity contribution in [1.82, 2.24) is 9.78 Å². The lowest BCUT2D eigenvalue weighted by Crippen LogP contribution is -2.20. The normalized spacial score (nSPS) is 16.5. The van der Waals surface area contributed by atoms with E-state index < -0.39 is 4.92 Å². The van der Waals surface area contributed by atoms with E-state index in [0.717, 1.165) is 12.8 Å². The van der Waals surface area contributed by atoms with Gasteiger partial charge in [-0.15, -0.1) is 5.10 Å². The molecule has 1 atom stereocenters. The second-order valence-electron chi connectivity index (χ2n) is 4.62.